The maximum absolute atomic E-state index is 3.71. The predicted octanol–water partition coefficient (Wildman–Crippen LogP) is 3.93. The van der Waals surface area contributed by atoms with Gasteiger partial charge in [0.25, 0.3) is 0 Å². The third kappa shape index (κ3) is 5.09. The van der Waals surface area contributed by atoms with Crippen LogP contribution < -0.4 is 5.32 Å². The summed E-state index contributed by atoms with van der Waals surface area (Å²) in [5, 5.41) is 4.47. The van der Waals surface area contributed by atoms with Crippen molar-refractivity contribution in [1.29, 1.82) is 0 Å². The van der Waals surface area contributed by atoms with Gasteiger partial charge in [0.1, 0.15) is 0 Å². The highest BCUT2D eigenvalue weighted by molar-refractivity contribution is 7.99. The van der Waals surface area contributed by atoms with Crippen molar-refractivity contribution in [3.63, 3.8) is 0 Å². The molecule has 3 atom stereocenters. The van der Waals surface area contributed by atoms with Crippen molar-refractivity contribution < 1.29 is 0 Å². The molecule has 0 spiro atoms. The molecule has 1 saturated carbocycles. The molecule has 1 aliphatic rings. The summed E-state index contributed by atoms with van der Waals surface area (Å²) in [5.41, 5.74) is 0. The molecular formula is C14H29NS. The first-order valence-corrected chi connectivity index (χ1v) is 8.03. The van der Waals surface area contributed by atoms with Gasteiger partial charge < -0.3 is 5.32 Å². The van der Waals surface area contributed by atoms with E-state index in [0.29, 0.717) is 0 Å². The van der Waals surface area contributed by atoms with E-state index in [1.165, 1.54) is 31.4 Å². The van der Waals surface area contributed by atoms with Crippen LogP contribution >= 0.6 is 11.8 Å². The summed E-state index contributed by atoms with van der Waals surface area (Å²) in [6.07, 6.45) is 5.78. The van der Waals surface area contributed by atoms with Crippen molar-refractivity contribution in [1.82, 2.24) is 5.32 Å². The average molecular weight is 243 g/mol. The zero-order valence-electron chi connectivity index (χ0n) is 11.5. The lowest BCUT2D eigenvalue weighted by molar-refractivity contribution is 0.235. The molecule has 1 N–H and O–H groups in total. The molecule has 0 aliphatic heterocycles. The van der Waals surface area contributed by atoms with Crippen molar-refractivity contribution >= 4 is 11.8 Å². The monoisotopic (exact) mass is 243 g/mol. The molecule has 3 unspecified atom stereocenters. The lowest BCUT2D eigenvalue weighted by Gasteiger charge is -2.34. The highest BCUT2D eigenvalue weighted by atomic mass is 32.2. The van der Waals surface area contributed by atoms with Gasteiger partial charge >= 0.3 is 0 Å². The third-order valence-electron chi connectivity index (χ3n) is 3.62. The van der Waals surface area contributed by atoms with Crippen LogP contribution in [0, 0.1) is 11.8 Å². The second-order valence-corrected chi connectivity index (χ2v) is 7.19. The van der Waals surface area contributed by atoms with E-state index in [-0.39, 0.29) is 0 Å². The standard InChI is InChI=1S/C14H29NS/c1-5-15-14(10-16-11(2)3)13-8-6-7-12(4)9-13/h11-15H,5-10H2,1-4H3. The molecule has 0 aromatic heterocycles. The van der Waals surface area contributed by atoms with E-state index >= 15 is 0 Å². The van der Waals surface area contributed by atoms with Crippen LogP contribution in [-0.2, 0) is 0 Å². The summed E-state index contributed by atoms with van der Waals surface area (Å²) in [6.45, 7) is 10.4. The van der Waals surface area contributed by atoms with E-state index in [2.05, 4.69) is 44.8 Å². The number of hydrogen-bond acceptors (Lipinski definition) is 2. The van der Waals surface area contributed by atoms with Gasteiger partial charge in [-0.15, -0.1) is 0 Å². The Bertz CT molecular complexity index is 182. The third-order valence-corrected chi connectivity index (χ3v) is 4.84. The fourth-order valence-electron chi connectivity index (χ4n) is 2.77. The van der Waals surface area contributed by atoms with Crippen molar-refractivity contribution in [3.05, 3.63) is 0 Å². The molecule has 0 aromatic rings. The second kappa shape index (κ2) is 7.60. The van der Waals surface area contributed by atoms with Gasteiger partial charge in [-0.05, 0) is 36.5 Å². The van der Waals surface area contributed by atoms with E-state index in [1.54, 1.807) is 0 Å². The van der Waals surface area contributed by atoms with Crippen LogP contribution in [0.3, 0.4) is 0 Å². The van der Waals surface area contributed by atoms with Gasteiger partial charge in [-0.1, -0.05) is 40.5 Å². The maximum Gasteiger partial charge on any atom is 0.0186 e. The summed E-state index contributed by atoms with van der Waals surface area (Å²) in [5.74, 6) is 3.17. The largest absolute Gasteiger partial charge is 0.313 e. The molecule has 16 heavy (non-hydrogen) atoms. The molecule has 0 heterocycles. The van der Waals surface area contributed by atoms with Gasteiger partial charge in [-0.25, -0.2) is 0 Å². The minimum Gasteiger partial charge on any atom is -0.313 e. The lowest BCUT2D eigenvalue weighted by Crippen LogP contribution is -2.40. The summed E-state index contributed by atoms with van der Waals surface area (Å²) < 4.78 is 0. The zero-order valence-corrected chi connectivity index (χ0v) is 12.3. The van der Waals surface area contributed by atoms with Gasteiger partial charge in [0.15, 0.2) is 0 Å². The maximum atomic E-state index is 3.71. The average Bonchev–Trinajstić information content (AvgIpc) is 2.24. The minimum atomic E-state index is 0.750. The molecule has 1 fully saturated rings. The first kappa shape index (κ1) is 14.4. The Morgan fingerprint density at radius 2 is 2.06 bits per heavy atom. The Kier molecular flexibility index (Phi) is 6.83. The normalized spacial score (nSPS) is 28.3. The second-order valence-electron chi connectivity index (χ2n) is 5.58. The number of thioether (sulfide) groups is 1. The van der Waals surface area contributed by atoms with E-state index in [9.17, 15) is 0 Å². The van der Waals surface area contributed by atoms with E-state index in [0.717, 1.165) is 29.7 Å². The molecular weight excluding hydrogens is 214 g/mol. The lowest BCUT2D eigenvalue weighted by atomic mass is 9.79. The van der Waals surface area contributed by atoms with Crippen molar-refractivity contribution in [2.45, 2.75) is 64.7 Å². The van der Waals surface area contributed by atoms with Gasteiger partial charge in [-0.3, -0.25) is 0 Å². The summed E-state index contributed by atoms with van der Waals surface area (Å²) in [6, 6.07) is 0.750. The van der Waals surface area contributed by atoms with Crippen molar-refractivity contribution in [2.24, 2.45) is 11.8 Å². The Balaban J connectivity index is 2.40. The number of nitrogens with one attached hydrogen (secondary N) is 1. The molecule has 0 amide bonds. The van der Waals surface area contributed by atoms with Crippen LogP contribution in [0.25, 0.3) is 0 Å². The Morgan fingerprint density at radius 1 is 1.31 bits per heavy atom. The molecule has 1 aliphatic carbocycles. The van der Waals surface area contributed by atoms with Crippen LogP contribution in [-0.4, -0.2) is 23.6 Å². The van der Waals surface area contributed by atoms with Gasteiger partial charge in [-0.2, -0.15) is 11.8 Å². The molecule has 2 heteroatoms. The molecule has 1 rings (SSSR count). The first-order valence-electron chi connectivity index (χ1n) is 6.98. The SMILES string of the molecule is CCNC(CSC(C)C)C1CCCC(C)C1. The number of rotatable bonds is 6. The molecule has 96 valence electrons. The quantitative estimate of drug-likeness (QED) is 0.758. The van der Waals surface area contributed by atoms with E-state index in [4.69, 9.17) is 0 Å². The molecule has 0 radical (unpaired) electrons. The summed E-state index contributed by atoms with van der Waals surface area (Å²) in [4.78, 5) is 0. The van der Waals surface area contributed by atoms with Crippen LogP contribution in [0.2, 0.25) is 0 Å². The van der Waals surface area contributed by atoms with Gasteiger partial charge in [0.05, 0.1) is 0 Å². The highest BCUT2D eigenvalue weighted by Gasteiger charge is 2.26. The smallest absolute Gasteiger partial charge is 0.0186 e. The predicted molar refractivity (Wildman–Crippen MR) is 76.2 cm³/mol. The summed E-state index contributed by atoms with van der Waals surface area (Å²) >= 11 is 2.11. The van der Waals surface area contributed by atoms with Crippen LogP contribution in [0.1, 0.15) is 53.4 Å². The highest BCUT2D eigenvalue weighted by Crippen LogP contribution is 2.32. The van der Waals surface area contributed by atoms with Crippen LogP contribution in [0.15, 0.2) is 0 Å². The Morgan fingerprint density at radius 3 is 2.62 bits per heavy atom. The van der Waals surface area contributed by atoms with Gasteiger partial charge in [0.2, 0.25) is 0 Å². The minimum absolute atomic E-state index is 0.750. The molecule has 0 bridgehead atoms. The van der Waals surface area contributed by atoms with E-state index in [1.807, 2.05) is 0 Å². The molecule has 1 nitrogen and oxygen atoms in total. The topological polar surface area (TPSA) is 12.0 Å². The van der Waals surface area contributed by atoms with Gasteiger partial charge in [0, 0.05) is 11.8 Å². The Labute approximate surface area is 106 Å². The van der Waals surface area contributed by atoms with E-state index < -0.39 is 0 Å². The Hall–Kier alpha value is 0.310. The fraction of sp³-hybridized carbons (Fsp3) is 1.00. The summed E-state index contributed by atoms with van der Waals surface area (Å²) in [7, 11) is 0. The number of hydrogen-bond donors (Lipinski definition) is 1. The fourth-order valence-corrected chi connectivity index (χ4v) is 3.75. The molecule has 0 aromatic carbocycles. The van der Waals surface area contributed by atoms with Crippen molar-refractivity contribution in [2.75, 3.05) is 12.3 Å². The van der Waals surface area contributed by atoms with Crippen LogP contribution in [0.4, 0.5) is 0 Å². The molecule has 0 saturated heterocycles. The first-order chi connectivity index (χ1) is 7.63. The van der Waals surface area contributed by atoms with Crippen molar-refractivity contribution in [3.8, 4) is 0 Å². The zero-order chi connectivity index (χ0) is 12.0. The van der Waals surface area contributed by atoms with Crippen LogP contribution in [0.5, 0.6) is 0 Å².